The third-order valence-electron chi connectivity index (χ3n) is 3.72. The van der Waals surface area contributed by atoms with E-state index in [-0.39, 0.29) is 30.3 Å². The molecule has 2 rings (SSSR count). The maximum Gasteiger partial charge on any atom is 0.256 e. The van der Waals surface area contributed by atoms with Crippen molar-refractivity contribution in [2.45, 2.75) is 31.8 Å². The van der Waals surface area contributed by atoms with Gasteiger partial charge in [-0.15, -0.1) is 12.4 Å². The van der Waals surface area contributed by atoms with E-state index in [1.54, 1.807) is 17.0 Å². The Kier molecular flexibility index (Phi) is 7.61. The van der Waals surface area contributed by atoms with Gasteiger partial charge in [-0.2, -0.15) is 0 Å². The maximum atomic E-state index is 12.7. The molecule has 1 aliphatic rings. The van der Waals surface area contributed by atoms with Crippen LogP contribution in [0.2, 0.25) is 10.0 Å². The second kappa shape index (κ2) is 8.73. The highest BCUT2D eigenvalue weighted by molar-refractivity contribution is 6.35. The molecular formula is C15H20Cl3N3O2. The number of benzene rings is 1. The molecule has 1 heterocycles. The minimum absolute atomic E-state index is 0. The summed E-state index contributed by atoms with van der Waals surface area (Å²) in [6, 6.07) is 4.12. The largest absolute Gasteiger partial charge is 0.351 e. The van der Waals surface area contributed by atoms with Crippen LogP contribution in [0.4, 0.5) is 0 Å². The molecule has 1 unspecified atom stereocenters. The van der Waals surface area contributed by atoms with Crippen LogP contribution in [-0.2, 0) is 4.79 Å². The topological polar surface area (TPSA) is 75.4 Å². The molecule has 1 aliphatic heterocycles. The van der Waals surface area contributed by atoms with Crippen LogP contribution in [0.1, 0.15) is 30.1 Å². The second-order valence-corrected chi connectivity index (χ2v) is 6.27. The zero-order chi connectivity index (χ0) is 16.3. The molecule has 0 saturated carbocycles. The Labute approximate surface area is 151 Å². The number of nitrogens with one attached hydrogen (secondary N) is 1. The molecule has 0 aliphatic carbocycles. The van der Waals surface area contributed by atoms with Gasteiger partial charge in [-0.1, -0.05) is 23.2 Å². The normalized spacial score (nSPS) is 18.3. The van der Waals surface area contributed by atoms with E-state index in [0.29, 0.717) is 35.1 Å². The number of carbonyl (C=O) groups excluding carboxylic acids is 2. The van der Waals surface area contributed by atoms with Gasteiger partial charge in [-0.25, -0.2) is 0 Å². The van der Waals surface area contributed by atoms with Gasteiger partial charge in [0, 0.05) is 24.2 Å². The summed E-state index contributed by atoms with van der Waals surface area (Å²) >= 11 is 12.0. The van der Waals surface area contributed by atoms with E-state index in [1.165, 1.54) is 6.07 Å². The summed E-state index contributed by atoms with van der Waals surface area (Å²) in [5.41, 5.74) is 5.83. The molecule has 0 radical (unpaired) electrons. The van der Waals surface area contributed by atoms with E-state index in [4.69, 9.17) is 28.9 Å². The fraction of sp³-hybridized carbons (Fsp3) is 0.467. The van der Waals surface area contributed by atoms with E-state index in [0.717, 1.165) is 6.42 Å². The Morgan fingerprint density at radius 1 is 1.43 bits per heavy atom. The summed E-state index contributed by atoms with van der Waals surface area (Å²) < 4.78 is 0. The summed E-state index contributed by atoms with van der Waals surface area (Å²) in [4.78, 5) is 26.5. The standard InChI is InChI=1S/C15H19Cl2N3O2.ClH/c1-9(8-18)19-14(21)13-3-2-6-20(13)15(22)11-7-10(16)4-5-12(11)17;/h4-5,7,9,13H,2-3,6,8,18H2,1H3,(H,19,21);1H/t9-,13?;/m0./s1. The lowest BCUT2D eigenvalue weighted by molar-refractivity contribution is -0.125. The lowest BCUT2D eigenvalue weighted by atomic mass is 10.1. The summed E-state index contributed by atoms with van der Waals surface area (Å²) in [5.74, 6) is -0.451. The molecule has 23 heavy (non-hydrogen) atoms. The van der Waals surface area contributed by atoms with Gasteiger partial charge in [0.1, 0.15) is 6.04 Å². The molecule has 0 bridgehead atoms. The molecular weight excluding hydrogens is 361 g/mol. The molecule has 1 aromatic rings. The molecule has 2 atom stereocenters. The first-order chi connectivity index (χ1) is 10.4. The number of carbonyl (C=O) groups is 2. The van der Waals surface area contributed by atoms with Gasteiger partial charge in [0.2, 0.25) is 5.91 Å². The summed E-state index contributed by atoms with van der Waals surface area (Å²) in [6.07, 6.45) is 1.41. The van der Waals surface area contributed by atoms with Crippen molar-refractivity contribution in [1.82, 2.24) is 10.2 Å². The lowest BCUT2D eigenvalue weighted by Gasteiger charge is -2.25. The average Bonchev–Trinajstić information content (AvgIpc) is 2.98. The van der Waals surface area contributed by atoms with E-state index in [2.05, 4.69) is 5.32 Å². The molecule has 0 aromatic heterocycles. The Morgan fingerprint density at radius 2 is 2.13 bits per heavy atom. The predicted molar refractivity (Wildman–Crippen MR) is 94.4 cm³/mol. The van der Waals surface area contributed by atoms with Crippen molar-refractivity contribution in [3.05, 3.63) is 33.8 Å². The third kappa shape index (κ3) is 4.73. The van der Waals surface area contributed by atoms with E-state index < -0.39 is 6.04 Å². The Morgan fingerprint density at radius 3 is 2.78 bits per heavy atom. The van der Waals surface area contributed by atoms with Crippen molar-refractivity contribution in [3.8, 4) is 0 Å². The van der Waals surface area contributed by atoms with Crippen molar-refractivity contribution >= 4 is 47.4 Å². The van der Waals surface area contributed by atoms with Crippen molar-refractivity contribution in [2.75, 3.05) is 13.1 Å². The van der Waals surface area contributed by atoms with E-state index in [9.17, 15) is 9.59 Å². The SMILES string of the molecule is C[C@@H](CN)NC(=O)C1CCCN1C(=O)c1cc(Cl)ccc1Cl.Cl. The van der Waals surface area contributed by atoms with E-state index in [1.807, 2.05) is 6.92 Å². The maximum absolute atomic E-state index is 12.7. The van der Waals surface area contributed by atoms with Gasteiger partial charge < -0.3 is 16.0 Å². The molecule has 1 aromatic carbocycles. The minimum atomic E-state index is -0.489. The zero-order valence-corrected chi connectivity index (χ0v) is 15.0. The number of hydrogen-bond acceptors (Lipinski definition) is 3. The molecule has 8 heteroatoms. The average molecular weight is 381 g/mol. The summed E-state index contributed by atoms with van der Waals surface area (Å²) in [5, 5.41) is 3.58. The second-order valence-electron chi connectivity index (χ2n) is 5.43. The lowest BCUT2D eigenvalue weighted by Crippen LogP contribution is -2.49. The van der Waals surface area contributed by atoms with Gasteiger partial charge in [-0.05, 0) is 38.0 Å². The Hall–Kier alpha value is -1.01. The predicted octanol–water partition coefficient (Wildman–Crippen LogP) is 2.48. The van der Waals surface area contributed by atoms with Crippen LogP contribution >= 0.6 is 35.6 Å². The number of nitrogens with zero attached hydrogens (tertiary/aromatic N) is 1. The first-order valence-corrected chi connectivity index (χ1v) is 7.96. The van der Waals surface area contributed by atoms with Gasteiger partial charge in [0.05, 0.1) is 10.6 Å². The minimum Gasteiger partial charge on any atom is -0.351 e. The highest BCUT2D eigenvalue weighted by Crippen LogP contribution is 2.26. The highest BCUT2D eigenvalue weighted by atomic mass is 35.5. The van der Waals surface area contributed by atoms with Crippen LogP contribution in [0, 0.1) is 0 Å². The quantitative estimate of drug-likeness (QED) is 0.842. The van der Waals surface area contributed by atoms with Crippen LogP contribution in [0.15, 0.2) is 18.2 Å². The van der Waals surface area contributed by atoms with Gasteiger partial charge in [0.25, 0.3) is 5.91 Å². The number of nitrogens with two attached hydrogens (primary N) is 1. The van der Waals surface area contributed by atoms with Crippen molar-refractivity contribution < 1.29 is 9.59 Å². The fourth-order valence-electron chi connectivity index (χ4n) is 2.50. The zero-order valence-electron chi connectivity index (χ0n) is 12.7. The summed E-state index contributed by atoms with van der Waals surface area (Å²) in [6.45, 7) is 2.70. The molecule has 3 N–H and O–H groups in total. The number of hydrogen-bond donors (Lipinski definition) is 2. The molecule has 1 saturated heterocycles. The number of rotatable bonds is 4. The first kappa shape index (κ1) is 20.0. The first-order valence-electron chi connectivity index (χ1n) is 7.20. The van der Waals surface area contributed by atoms with Gasteiger partial charge in [0.15, 0.2) is 0 Å². The summed E-state index contributed by atoms with van der Waals surface area (Å²) in [7, 11) is 0. The van der Waals surface area contributed by atoms with Crippen molar-refractivity contribution in [3.63, 3.8) is 0 Å². The molecule has 2 amide bonds. The van der Waals surface area contributed by atoms with Crippen LogP contribution in [0.5, 0.6) is 0 Å². The fourth-order valence-corrected chi connectivity index (χ4v) is 2.87. The van der Waals surface area contributed by atoms with Crippen molar-refractivity contribution in [1.29, 1.82) is 0 Å². The third-order valence-corrected chi connectivity index (χ3v) is 4.28. The molecule has 1 fully saturated rings. The van der Waals surface area contributed by atoms with E-state index >= 15 is 0 Å². The number of amides is 2. The molecule has 0 spiro atoms. The van der Waals surface area contributed by atoms with Crippen LogP contribution in [0.3, 0.4) is 0 Å². The Bertz CT molecular complexity index is 583. The van der Waals surface area contributed by atoms with Crippen molar-refractivity contribution in [2.24, 2.45) is 5.73 Å². The van der Waals surface area contributed by atoms with Crippen LogP contribution < -0.4 is 11.1 Å². The van der Waals surface area contributed by atoms with Crippen LogP contribution in [0.25, 0.3) is 0 Å². The van der Waals surface area contributed by atoms with Crippen LogP contribution in [-0.4, -0.2) is 41.9 Å². The highest BCUT2D eigenvalue weighted by Gasteiger charge is 2.35. The monoisotopic (exact) mass is 379 g/mol. The molecule has 128 valence electrons. The number of likely N-dealkylation sites (tertiary alicyclic amines) is 1. The van der Waals surface area contributed by atoms with Gasteiger partial charge >= 0.3 is 0 Å². The molecule has 5 nitrogen and oxygen atoms in total. The number of halogens is 3. The Balaban J connectivity index is 0.00000264. The van der Waals surface area contributed by atoms with Gasteiger partial charge in [-0.3, -0.25) is 9.59 Å². The smallest absolute Gasteiger partial charge is 0.256 e.